The Kier molecular flexibility index (Phi) is 8.37. The molecule has 0 saturated heterocycles. The maximum absolute atomic E-state index is 12.2. The van der Waals surface area contributed by atoms with E-state index in [9.17, 15) is 4.79 Å². The molecule has 0 heterocycles. The van der Waals surface area contributed by atoms with E-state index in [1.807, 2.05) is 14.1 Å². The third-order valence-corrected chi connectivity index (χ3v) is 13.0. The molecule has 0 bridgehead atoms. The number of likely N-dealkylation sites (N-methyl/N-ethyl adjacent to an activating group) is 1. The average molecular weight is 539 g/mol. The minimum absolute atomic E-state index is 0.258. The summed E-state index contributed by atoms with van der Waals surface area (Å²) in [5.41, 5.74) is 3.07. The molecule has 0 aromatic carbocycles. The van der Waals surface area contributed by atoms with Crippen molar-refractivity contribution < 1.29 is 9.53 Å². The maximum atomic E-state index is 12.2. The van der Waals surface area contributed by atoms with Gasteiger partial charge in [-0.05, 0) is 136 Å². The summed E-state index contributed by atoms with van der Waals surface area (Å²) in [5, 5.41) is 2.89. The van der Waals surface area contributed by atoms with E-state index < -0.39 is 0 Å². The standard InChI is InChI=1S/C35H58N2O2/c1-24(2)35(22-25(35)3)16-8-9-27-11-13-30-29-12-10-28-21-26(23-39-32(38)36-19-20-37(6)7)14-17-34(28,5)31(29)15-18-33(27,30)4/h8,10,16,24-27,29-31H,9,11-15,17-23H2,1-7H3,(H,36,38)/b16-8+/t25?,26-,27-,29?,30?,31?,33+,34-,35?/m0/s1. The molecule has 5 unspecified atom stereocenters. The third-order valence-electron chi connectivity index (χ3n) is 13.0. The molecule has 0 aromatic heterocycles. The number of hydrogen-bond donors (Lipinski definition) is 1. The van der Waals surface area contributed by atoms with Crippen LogP contribution in [-0.2, 0) is 4.74 Å². The number of ether oxygens (including phenoxy) is 1. The van der Waals surface area contributed by atoms with Crippen molar-refractivity contribution in [2.24, 2.45) is 57.7 Å². The Labute approximate surface area is 239 Å². The highest BCUT2D eigenvalue weighted by Crippen LogP contribution is 2.67. The first kappa shape index (κ1) is 29.2. The molecule has 4 nitrogen and oxygen atoms in total. The molecule has 0 radical (unpaired) electrons. The van der Waals surface area contributed by atoms with Crippen molar-refractivity contribution in [3.8, 4) is 0 Å². The van der Waals surface area contributed by atoms with E-state index in [4.69, 9.17) is 4.74 Å². The molecular weight excluding hydrogens is 480 g/mol. The zero-order valence-electron chi connectivity index (χ0n) is 26.2. The zero-order valence-corrected chi connectivity index (χ0v) is 26.2. The van der Waals surface area contributed by atoms with Gasteiger partial charge >= 0.3 is 6.09 Å². The van der Waals surface area contributed by atoms with Crippen LogP contribution in [0.3, 0.4) is 0 Å². The van der Waals surface area contributed by atoms with Gasteiger partial charge in [0.05, 0.1) is 6.61 Å². The lowest BCUT2D eigenvalue weighted by Crippen LogP contribution is -2.50. The van der Waals surface area contributed by atoms with Crippen LogP contribution in [-0.4, -0.2) is 44.8 Å². The first-order valence-corrected chi connectivity index (χ1v) is 16.4. The smallest absolute Gasteiger partial charge is 0.407 e. The summed E-state index contributed by atoms with van der Waals surface area (Å²) in [6, 6.07) is 0. The molecule has 0 aromatic rings. The number of nitrogens with zero attached hydrogens (tertiary/aromatic N) is 1. The van der Waals surface area contributed by atoms with Crippen LogP contribution in [0, 0.1) is 57.7 Å². The fraction of sp³-hybridized carbons (Fsp3) is 0.857. The second kappa shape index (κ2) is 11.2. The molecule has 4 heteroatoms. The fourth-order valence-corrected chi connectivity index (χ4v) is 10.2. The van der Waals surface area contributed by atoms with Gasteiger partial charge in [-0.3, -0.25) is 0 Å². The summed E-state index contributed by atoms with van der Waals surface area (Å²) in [6.07, 6.45) is 20.9. The zero-order chi connectivity index (χ0) is 28.0. The molecule has 1 N–H and O–H groups in total. The molecular formula is C35H58N2O2. The van der Waals surface area contributed by atoms with Crippen LogP contribution in [0.2, 0.25) is 0 Å². The molecule has 39 heavy (non-hydrogen) atoms. The molecule has 4 saturated carbocycles. The Morgan fingerprint density at radius 2 is 1.92 bits per heavy atom. The Hall–Kier alpha value is -1.29. The number of hydrogen-bond acceptors (Lipinski definition) is 3. The Morgan fingerprint density at radius 3 is 2.62 bits per heavy atom. The van der Waals surface area contributed by atoms with Gasteiger partial charge in [0.2, 0.25) is 0 Å². The second-order valence-electron chi connectivity index (χ2n) is 15.5. The van der Waals surface area contributed by atoms with Crippen LogP contribution in [0.15, 0.2) is 23.8 Å². The van der Waals surface area contributed by atoms with Crippen LogP contribution >= 0.6 is 0 Å². The highest BCUT2D eigenvalue weighted by atomic mass is 16.5. The average Bonchev–Trinajstić information content (AvgIpc) is 3.43. The topological polar surface area (TPSA) is 41.6 Å². The lowest BCUT2D eigenvalue weighted by Gasteiger charge is -2.58. The maximum Gasteiger partial charge on any atom is 0.407 e. The molecule has 0 aliphatic heterocycles. The fourth-order valence-electron chi connectivity index (χ4n) is 10.2. The van der Waals surface area contributed by atoms with Crippen LogP contribution in [0.4, 0.5) is 4.79 Å². The van der Waals surface area contributed by atoms with Gasteiger partial charge in [-0.25, -0.2) is 4.79 Å². The van der Waals surface area contributed by atoms with Crippen molar-refractivity contribution in [3.63, 3.8) is 0 Å². The normalized spacial score (nSPS) is 43.2. The predicted molar refractivity (Wildman–Crippen MR) is 161 cm³/mol. The van der Waals surface area contributed by atoms with Gasteiger partial charge in [-0.1, -0.05) is 58.4 Å². The van der Waals surface area contributed by atoms with E-state index in [0.717, 1.165) is 48.5 Å². The molecule has 4 fully saturated rings. The molecule has 9 atom stereocenters. The SMILES string of the molecule is CC(C)C1(/C=C/C[C@H]2CCC3C4CC=C5C[C@@H](COC(=O)NCCN(C)C)CC[C@]5(C)C4CC[C@@]32C)CC1C. The number of allylic oxidation sites excluding steroid dienone is 4. The van der Waals surface area contributed by atoms with Crippen molar-refractivity contribution in [2.75, 3.05) is 33.8 Å². The van der Waals surface area contributed by atoms with Crippen molar-refractivity contribution in [2.45, 2.75) is 98.8 Å². The predicted octanol–water partition coefficient (Wildman–Crippen LogP) is 8.10. The largest absolute Gasteiger partial charge is 0.449 e. The first-order valence-electron chi connectivity index (χ1n) is 16.4. The Balaban J connectivity index is 1.17. The molecule has 5 aliphatic rings. The van der Waals surface area contributed by atoms with Crippen LogP contribution in [0.5, 0.6) is 0 Å². The van der Waals surface area contributed by atoms with E-state index in [2.05, 4.69) is 63.1 Å². The summed E-state index contributed by atoms with van der Waals surface area (Å²) in [5.74, 6) is 5.59. The quantitative estimate of drug-likeness (QED) is 0.302. The highest BCUT2D eigenvalue weighted by molar-refractivity contribution is 5.67. The van der Waals surface area contributed by atoms with Gasteiger partial charge in [-0.2, -0.15) is 0 Å². The third kappa shape index (κ3) is 5.50. The summed E-state index contributed by atoms with van der Waals surface area (Å²) >= 11 is 0. The summed E-state index contributed by atoms with van der Waals surface area (Å²) < 4.78 is 5.64. The Morgan fingerprint density at radius 1 is 1.15 bits per heavy atom. The molecule has 1 amide bonds. The number of rotatable bonds is 9. The summed E-state index contributed by atoms with van der Waals surface area (Å²) in [7, 11) is 4.03. The molecule has 0 spiro atoms. The van der Waals surface area contributed by atoms with Crippen LogP contribution < -0.4 is 5.32 Å². The van der Waals surface area contributed by atoms with Crippen molar-refractivity contribution in [3.05, 3.63) is 23.8 Å². The van der Waals surface area contributed by atoms with Crippen LogP contribution in [0.1, 0.15) is 98.8 Å². The van der Waals surface area contributed by atoms with Gasteiger partial charge in [0, 0.05) is 13.1 Å². The van der Waals surface area contributed by atoms with Gasteiger partial charge < -0.3 is 15.0 Å². The Bertz CT molecular complexity index is 954. The summed E-state index contributed by atoms with van der Waals surface area (Å²) in [4.78, 5) is 14.2. The van der Waals surface area contributed by atoms with E-state index in [1.165, 1.54) is 57.8 Å². The first-order chi connectivity index (χ1) is 18.5. The van der Waals surface area contributed by atoms with Crippen molar-refractivity contribution in [1.82, 2.24) is 10.2 Å². The lowest BCUT2D eigenvalue weighted by molar-refractivity contribution is -0.0455. The highest BCUT2D eigenvalue weighted by Gasteiger charge is 2.58. The minimum Gasteiger partial charge on any atom is -0.449 e. The molecule has 5 aliphatic carbocycles. The lowest BCUT2D eigenvalue weighted by atomic mass is 9.47. The van der Waals surface area contributed by atoms with Crippen molar-refractivity contribution in [1.29, 1.82) is 0 Å². The number of carbonyl (C=O) groups excluding carboxylic acids is 1. The number of alkyl carbamates (subject to hydrolysis) is 1. The molecule has 5 rings (SSSR count). The minimum atomic E-state index is -0.258. The molecule has 220 valence electrons. The number of amides is 1. The number of fused-ring (bicyclic) bond motifs is 5. The van der Waals surface area contributed by atoms with Crippen molar-refractivity contribution >= 4 is 6.09 Å². The van der Waals surface area contributed by atoms with Gasteiger partial charge in [0.1, 0.15) is 0 Å². The number of carbonyl (C=O) groups is 1. The monoisotopic (exact) mass is 538 g/mol. The van der Waals surface area contributed by atoms with E-state index in [1.54, 1.807) is 5.57 Å². The van der Waals surface area contributed by atoms with E-state index in [-0.39, 0.29) is 6.09 Å². The van der Waals surface area contributed by atoms with Crippen LogP contribution in [0.25, 0.3) is 0 Å². The van der Waals surface area contributed by atoms with E-state index >= 15 is 0 Å². The van der Waals surface area contributed by atoms with Gasteiger partial charge in [0.15, 0.2) is 0 Å². The number of nitrogens with one attached hydrogen (secondary N) is 1. The second-order valence-corrected chi connectivity index (χ2v) is 15.5. The van der Waals surface area contributed by atoms with E-state index in [0.29, 0.717) is 35.3 Å². The summed E-state index contributed by atoms with van der Waals surface area (Å²) in [6.45, 7) is 14.6. The van der Waals surface area contributed by atoms with Gasteiger partial charge in [0.25, 0.3) is 0 Å². The van der Waals surface area contributed by atoms with Gasteiger partial charge in [-0.15, -0.1) is 0 Å².